The van der Waals surface area contributed by atoms with Crippen molar-refractivity contribution in [2.45, 2.75) is 37.6 Å². The van der Waals surface area contributed by atoms with Gasteiger partial charge in [0.25, 0.3) is 5.91 Å². The predicted molar refractivity (Wildman–Crippen MR) is 98.4 cm³/mol. The standard InChI is InChI=1S/C21H24N2O2/c1-16(23-20(25)17-9-4-2-5-10-17)19(24)22-15-21(13-8-14-21)18-11-6-3-7-12-18/h2-7,9-12,16H,8,13-15H2,1H3,(H,22,24)(H,23,25)/t16-/m0/s1. The van der Waals surface area contributed by atoms with Crippen molar-refractivity contribution in [3.8, 4) is 0 Å². The molecule has 130 valence electrons. The fraction of sp³-hybridized carbons (Fsp3) is 0.333. The van der Waals surface area contributed by atoms with Crippen molar-refractivity contribution in [1.82, 2.24) is 10.6 Å². The third-order valence-electron chi connectivity index (χ3n) is 5.07. The SMILES string of the molecule is C[C@H](NC(=O)c1ccccc1)C(=O)NCC1(c2ccccc2)CCC1. The van der Waals surface area contributed by atoms with Gasteiger partial charge in [-0.25, -0.2) is 0 Å². The van der Waals surface area contributed by atoms with E-state index >= 15 is 0 Å². The van der Waals surface area contributed by atoms with Crippen LogP contribution in [0.5, 0.6) is 0 Å². The number of rotatable bonds is 6. The van der Waals surface area contributed by atoms with E-state index in [1.807, 2.05) is 24.3 Å². The Kier molecular flexibility index (Phi) is 5.17. The summed E-state index contributed by atoms with van der Waals surface area (Å²) in [6.45, 7) is 2.33. The fourth-order valence-electron chi connectivity index (χ4n) is 3.31. The second kappa shape index (κ2) is 7.51. The highest BCUT2D eigenvalue weighted by Crippen LogP contribution is 2.43. The van der Waals surface area contributed by atoms with Crippen LogP contribution in [-0.2, 0) is 10.2 Å². The maximum Gasteiger partial charge on any atom is 0.251 e. The summed E-state index contributed by atoms with van der Waals surface area (Å²) < 4.78 is 0. The molecule has 25 heavy (non-hydrogen) atoms. The summed E-state index contributed by atoms with van der Waals surface area (Å²) in [6, 6.07) is 18.7. The van der Waals surface area contributed by atoms with E-state index in [0.29, 0.717) is 12.1 Å². The topological polar surface area (TPSA) is 58.2 Å². The molecule has 1 aliphatic rings. The van der Waals surface area contributed by atoms with Gasteiger partial charge in [0.2, 0.25) is 5.91 Å². The van der Waals surface area contributed by atoms with Gasteiger partial charge in [-0.15, -0.1) is 0 Å². The normalized spacial score (nSPS) is 16.4. The molecule has 0 unspecified atom stereocenters. The molecule has 4 nitrogen and oxygen atoms in total. The summed E-state index contributed by atoms with van der Waals surface area (Å²) in [7, 11) is 0. The van der Waals surface area contributed by atoms with Crippen molar-refractivity contribution in [2.24, 2.45) is 0 Å². The molecule has 2 amide bonds. The summed E-state index contributed by atoms with van der Waals surface area (Å²) in [5.74, 6) is -0.379. The Balaban J connectivity index is 1.56. The molecule has 1 fully saturated rings. The van der Waals surface area contributed by atoms with Crippen molar-refractivity contribution < 1.29 is 9.59 Å². The Morgan fingerprint density at radius 3 is 2.16 bits per heavy atom. The average Bonchev–Trinajstić information content (AvgIpc) is 2.62. The highest BCUT2D eigenvalue weighted by Gasteiger charge is 2.38. The van der Waals surface area contributed by atoms with E-state index in [2.05, 4.69) is 22.8 Å². The van der Waals surface area contributed by atoms with Crippen molar-refractivity contribution >= 4 is 11.8 Å². The van der Waals surface area contributed by atoms with Gasteiger partial charge in [-0.2, -0.15) is 0 Å². The molecule has 4 heteroatoms. The summed E-state index contributed by atoms with van der Waals surface area (Å²) in [4.78, 5) is 24.6. The predicted octanol–water partition coefficient (Wildman–Crippen LogP) is 3.04. The van der Waals surface area contributed by atoms with Crippen LogP contribution in [0.3, 0.4) is 0 Å². The lowest BCUT2D eigenvalue weighted by molar-refractivity contribution is -0.123. The summed E-state index contributed by atoms with van der Waals surface area (Å²) in [5, 5.41) is 5.78. The first-order valence-corrected chi connectivity index (χ1v) is 8.80. The number of amides is 2. The van der Waals surface area contributed by atoms with Gasteiger partial charge in [0.15, 0.2) is 0 Å². The molecule has 0 aliphatic heterocycles. The van der Waals surface area contributed by atoms with Crippen molar-refractivity contribution in [2.75, 3.05) is 6.54 Å². The maximum absolute atomic E-state index is 12.4. The number of carbonyl (C=O) groups is 2. The zero-order chi connectivity index (χ0) is 17.7. The van der Waals surface area contributed by atoms with Gasteiger partial charge in [0.1, 0.15) is 6.04 Å². The molecule has 1 aliphatic carbocycles. The number of nitrogens with one attached hydrogen (secondary N) is 2. The van der Waals surface area contributed by atoms with Crippen LogP contribution < -0.4 is 10.6 Å². The second-order valence-corrected chi connectivity index (χ2v) is 6.78. The lowest BCUT2D eigenvalue weighted by Crippen LogP contribution is -2.51. The third kappa shape index (κ3) is 3.90. The van der Waals surface area contributed by atoms with Gasteiger partial charge < -0.3 is 10.6 Å². The van der Waals surface area contributed by atoms with Crippen LogP contribution in [0.1, 0.15) is 42.1 Å². The van der Waals surface area contributed by atoms with Crippen LogP contribution in [0.25, 0.3) is 0 Å². The van der Waals surface area contributed by atoms with Gasteiger partial charge in [-0.05, 0) is 37.5 Å². The Labute approximate surface area is 148 Å². The second-order valence-electron chi connectivity index (χ2n) is 6.78. The number of hydrogen-bond donors (Lipinski definition) is 2. The molecule has 0 radical (unpaired) electrons. The highest BCUT2D eigenvalue weighted by atomic mass is 16.2. The van der Waals surface area contributed by atoms with Crippen LogP contribution in [0, 0.1) is 0 Å². The lowest BCUT2D eigenvalue weighted by Gasteiger charge is -2.42. The Hall–Kier alpha value is -2.62. The van der Waals surface area contributed by atoms with Crippen LogP contribution in [0.2, 0.25) is 0 Å². The molecule has 2 aromatic rings. The molecule has 3 rings (SSSR count). The minimum absolute atomic E-state index is 0.0417. The van der Waals surface area contributed by atoms with E-state index < -0.39 is 6.04 Å². The van der Waals surface area contributed by atoms with E-state index in [9.17, 15) is 9.59 Å². The van der Waals surface area contributed by atoms with Crippen LogP contribution in [0.4, 0.5) is 0 Å². The van der Waals surface area contributed by atoms with Crippen LogP contribution in [0.15, 0.2) is 60.7 Å². The molecular formula is C21H24N2O2. The maximum atomic E-state index is 12.4. The molecule has 0 heterocycles. The van der Waals surface area contributed by atoms with Gasteiger partial charge in [-0.3, -0.25) is 9.59 Å². The van der Waals surface area contributed by atoms with E-state index in [1.54, 1.807) is 31.2 Å². The fourth-order valence-corrected chi connectivity index (χ4v) is 3.31. The molecule has 0 saturated heterocycles. The first-order chi connectivity index (χ1) is 12.1. The Morgan fingerprint density at radius 1 is 1.00 bits per heavy atom. The van der Waals surface area contributed by atoms with Gasteiger partial charge in [-0.1, -0.05) is 55.0 Å². The van der Waals surface area contributed by atoms with Crippen molar-refractivity contribution in [1.29, 1.82) is 0 Å². The van der Waals surface area contributed by atoms with Gasteiger partial charge in [0, 0.05) is 17.5 Å². The molecular weight excluding hydrogens is 312 g/mol. The molecule has 1 atom stereocenters. The lowest BCUT2D eigenvalue weighted by atomic mass is 9.64. The molecule has 2 aromatic carbocycles. The van der Waals surface area contributed by atoms with E-state index in [4.69, 9.17) is 0 Å². The van der Waals surface area contributed by atoms with E-state index in [1.165, 1.54) is 12.0 Å². The van der Waals surface area contributed by atoms with Gasteiger partial charge in [0.05, 0.1) is 0 Å². The highest BCUT2D eigenvalue weighted by molar-refractivity contribution is 5.97. The summed E-state index contributed by atoms with van der Waals surface area (Å²) in [5.41, 5.74) is 1.88. The monoisotopic (exact) mass is 336 g/mol. The number of hydrogen-bond acceptors (Lipinski definition) is 2. The first-order valence-electron chi connectivity index (χ1n) is 8.80. The molecule has 1 saturated carbocycles. The van der Waals surface area contributed by atoms with Crippen LogP contribution >= 0.6 is 0 Å². The van der Waals surface area contributed by atoms with Crippen molar-refractivity contribution in [3.63, 3.8) is 0 Å². The minimum atomic E-state index is -0.569. The third-order valence-corrected chi connectivity index (χ3v) is 5.07. The van der Waals surface area contributed by atoms with E-state index in [0.717, 1.165) is 12.8 Å². The zero-order valence-corrected chi connectivity index (χ0v) is 14.5. The molecule has 0 spiro atoms. The molecule has 2 N–H and O–H groups in total. The zero-order valence-electron chi connectivity index (χ0n) is 14.5. The number of carbonyl (C=O) groups excluding carboxylic acids is 2. The first kappa shape index (κ1) is 17.2. The quantitative estimate of drug-likeness (QED) is 0.852. The van der Waals surface area contributed by atoms with Crippen molar-refractivity contribution in [3.05, 3.63) is 71.8 Å². The molecule has 0 bridgehead atoms. The smallest absolute Gasteiger partial charge is 0.251 e. The number of benzene rings is 2. The molecule has 0 aromatic heterocycles. The van der Waals surface area contributed by atoms with Crippen LogP contribution in [-0.4, -0.2) is 24.4 Å². The summed E-state index contributed by atoms with van der Waals surface area (Å²) >= 11 is 0. The minimum Gasteiger partial charge on any atom is -0.353 e. The summed E-state index contributed by atoms with van der Waals surface area (Å²) in [6.07, 6.45) is 3.36. The Bertz CT molecular complexity index is 724. The Morgan fingerprint density at radius 2 is 1.60 bits per heavy atom. The van der Waals surface area contributed by atoms with E-state index in [-0.39, 0.29) is 17.2 Å². The average molecular weight is 336 g/mol. The van der Waals surface area contributed by atoms with Gasteiger partial charge >= 0.3 is 0 Å². The largest absolute Gasteiger partial charge is 0.353 e.